The van der Waals surface area contributed by atoms with Crippen LogP contribution >= 0.6 is 0 Å². The van der Waals surface area contributed by atoms with Gasteiger partial charge in [-0.05, 0) is 30.9 Å². The minimum absolute atomic E-state index is 0.114. The molecule has 0 saturated heterocycles. The highest BCUT2D eigenvalue weighted by Gasteiger charge is 2.08. The molecule has 0 radical (unpaired) electrons. The molecule has 0 aliphatic rings. The van der Waals surface area contributed by atoms with Crippen molar-refractivity contribution in [2.75, 3.05) is 6.61 Å². The number of nitrogens with zero attached hydrogens (tertiary/aromatic N) is 3. The van der Waals surface area contributed by atoms with Crippen molar-refractivity contribution < 1.29 is 5.11 Å². The molecule has 1 aromatic rings. The topological polar surface area (TPSA) is 69.0 Å². The van der Waals surface area contributed by atoms with E-state index in [2.05, 4.69) is 10.0 Å². The van der Waals surface area contributed by atoms with Crippen LogP contribution in [0.15, 0.2) is 29.4 Å². The molecule has 4 nitrogen and oxygen atoms in total. The Hall–Kier alpha value is -1.51. The van der Waals surface area contributed by atoms with E-state index in [1.165, 1.54) is 5.56 Å². The number of hydrogen-bond acceptors (Lipinski definition) is 2. The molecule has 1 N–H and O–H groups in total. The summed E-state index contributed by atoms with van der Waals surface area (Å²) in [4.78, 5) is 2.88. The van der Waals surface area contributed by atoms with Crippen molar-refractivity contribution in [3.63, 3.8) is 0 Å². The van der Waals surface area contributed by atoms with E-state index in [0.717, 1.165) is 24.8 Å². The Morgan fingerprint density at radius 3 is 2.56 bits per heavy atom. The van der Waals surface area contributed by atoms with Crippen molar-refractivity contribution in [1.29, 1.82) is 0 Å². The number of aryl methyl sites for hydroxylation is 1. The normalized spacial score (nSPS) is 11.9. The zero-order valence-corrected chi connectivity index (χ0v) is 9.50. The Balaban J connectivity index is 2.69. The van der Waals surface area contributed by atoms with Gasteiger partial charge in [-0.3, -0.25) is 0 Å². The Kier molecular flexibility index (Phi) is 5.40. The molecule has 0 heterocycles. The lowest BCUT2D eigenvalue weighted by Gasteiger charge is -2.11. The number of unbranched alkanes of at least 4 members (excludes halogenated alkanes) is 1. The molecule has 1 rings (SSSR count). The lowest BCUT2D eigenvalue weighted by molar-refractivity contribution is 0.281. The Bertz CT molecular complexity index is 355. The fraction of sp³-hybridized carbons (Fsp3) is 0.500. The minimum atomic E-state index is -0.114. The van der Waals surface area contributed by atoms with Crippen molar-refractivity contribution in [1.82, 2.24) is 0 Å². The van der Waals surface area contributed by atoms with Crippen molar-refractivity contribution in [2.24, 2.45) is 5.11 Å². The van der Waals surface area contributed by atoms with Gasteiger partial charge in [-0.2, -0.15) is 0 Å². The molecule has 0 fully saturated rings. The van der Waals surface area contributed by atoms with E-state index in [4.69, 9.17) is 10.6 Å². The van der Waals surface area contributed by atoms with Gasteiger partial charge in [0.1, 0.15) is 0 Å². The standard InChI is InChI=1S/C12H17N3O/c1-10-5-7-11(8-6-10)12(14-15-13)4-2-3-9-16/h5-8,12,16H,2-4,9H2,1H3. The average Bonchev–Trinajstić information content (AvgIpc) is 2.29. The fourth-order valence-electron chi connectivity index (χ4n) is 1.59. The average molecular weight is 219 g/mol. The van der Waals surface area contributed by atoms with Crippen LogP contribution in [0.2, 0.25) is 0 Å². The zero-order valence-electron chi connectivity index (χ0n) is 9.50. The maximum atomic E-state index is 8.71. The summed E-state index contributed by atoms with van der Waals surface area (Å²) in [7, 11) is 0. The molecule has 1 atom stereocenters. The van der Waals surface area contributed by atoms with Gasteiger partial charge in [0.05, 0.1) is 6.04 Å². The minimum Gasteiger partial charge on any atom is -0.396 e. The Morgan fingerprint density at radius 2 is 2.00 bits per heavy atom. The summed E-state index contributed by atoms with van der Waals surface area (Å²) >= 11 is 0. The fourth-order valence-corrected chi connectivity index (χ4v) is 1.59. The third kappa shape index (κ3) is 3.93. The monoisotopic (exact) mass is 219 g/mol. The molecule has 0 bridgehead atoms. The number of rotatable bonds is 6. The van der Waals surface area contributed by atoms with Gasteiger partial charge in [0.15, 0.2) is 0 Å². The van der Waals surface area contributed by atoms with Crippen LogP contribution in [0.1, 0.15) is 36.4 Å². The van der Waals surface area contributed by atoms with Crippen LogP contribution in [0.25, 0.3) is 10.4 Å². The molecular formula is C12H17N3O. The number of hydrogen-bond donors (Lipinski definition) is 1. The first kappa shape index (κ1) is 12.6. The Morgan fingerprint density at radius 1 is 1.31 bits per heavy atom. The van der Waals surface area contributed by atoms with Gasteiger partial charge in [-0.15, -0.1) is 0 Å². The van der Waals surface area contributed by atoms with Gasteiger partial charge >= 0.3 is 0 Å². The molecule has 0 aliphatic carbocycles. The van der Waals surface area contributed by atoms with E-state index < -0.39 is 0 Å². The molecular weight excluding hydrogens is 202 g/mol. The van der Waals surface area contributed by atoms with E-state index in [0.29, 0.717) is 0 Å². The van der Waals surface area contributed by atoms with Crippen molar-refractivity contribution in [3.05, 3.63) is 45.8 Å². The molecule has 0 aliphatic heterocycles. The number of aliphatic hydroxyl groups excluding tert-OH is 1. The molecule has 0 amide bonds. The summed E-state index contributed by atoms with van der Waals surface area (Å²) in [6, 6.07) is 7.90. The summed E-state index contributed by atoms with van der Waals surface area (Å²) < 4.78 is 0. The highest BCUT2D eigenvalue weighted by atomic mass is 16.2. The van der Waals surface area contributed by atoms with Crippen molar-refractivity contribution >= 4 is 0 Å². The highest BCUT2D eigenvalue weighted by molar-refractivity contribution is 5.24. The predicted molar refractivity (Wildman–Crippen MR) is 64.0 cm³/mol. The highest BCUT2D eigenvalue weighted by Crippen LogP contribution is 2.23. The summed E-state index contributed by atoms with van der Waals surface area (Å²) in [5, 5.41) is 12.5. The van der Waals surface area contributed by atoms with Gasteiger partial charge in [-0.1, -0.05) is 41.4 Å². The number of benzene rings is 1. The van der Waals surface area contributed by atoms with Crippen molar-refractivity contribution in [3.8, 4) is 0 Å². The third-order valence-electron chi connectivity index (χ3n) is 2.54. The SMILES string of the molecule is Cc1ccc(C(CCCCO)N=[N+]=[N-])cc1. The van der Waals surface area contributed by atoms with Gasteiger partial charge in [0.25, 0.3) is 0 Å². The van der Waals surface area contributed by atoms with Crippen LogP contribution in [-0.4, -0.2) is 11.7 Å². The van der Waals surface area contributed by atoms with E-state index in [9.17, 15) is 0 Å². The Labute approximate surface area is 95.5 Å². The first-order chi connectivity index (χ1) is 7.77. The van der Waals surface area contributed by atoms with Gasteiger partial charge in [0, 0.05) is 11.5 Å². The maximum absolute atomic E-state index is 8.71. The molecule has 1 unspecified atom stereocenters. The van der Waals surface area contributed by atoms with Crippen LogP contribution in [0.5, 0.6) is 0 Å². The summed E-state index contributed by atoms with van der Waals surface area (Å²) in [5.74, 6) is 0. The van der Waals surface area contributed by atoms with Gasteiger partial charge in [-0.25, -0.2) is 0 Å². The summed E-state index contributed by atoms with van der Waals surface area (Å²) in [6.07, 6.45) is 2.41. The van der Waals surface area contributed by atoms with Crippen LogP contribution in [-0.2, 0) is 0 Å². The summed E-state index contributed by atoms with van der Waals surface area (Å²) in [5.41, 5.74) is 10.8. The van der Waals surface area contributed by atoms with Gasteiger partial charge < -0.3 is 5.11 Å². The lowest BCUT2D eigenvalue weighted by atomic mass is 10.0. The first-order valence-corrected chi connectivity index (χ1v) is 5.49. The van der Waals surface area contributed by atoms with E-state index in [1.807, 2.05) is 31.2 Å². The molecule has 86 valence electrons. The maximum Gasteiger partial charge on any atom is 0.0625 e. The number of aliphatic hydroxyl groups is 1. The predicted octanol–water partition coefficient (Wildman–Crippen LogP) is 3.51. The van der Waals surface area contributed by atoms with E-state index in [1.54, 1.807) is 0 Å². The second-order valence-corrected chi connectivity index (χ2v) is 3.85. The van der Waals surface area contributed by atoms with Crippen LogP contribution in [0.4, 0.5) is 0 Å². The zero-order chi connectivity index (χ0) is 11.8. The van der Waals surface area contributed by atoms with Crippen LogP contribution in [0.3, 0.4) is 0 Å². The molecule has 16 heavy (non-hydrogen) atoms. The summed E-state index contributed by atoms with van der Waals surface area (Å²) in [6.45, 7) is 2.22. The van der Waals surface area contributed by atoms with E-state index >= 15 is 0 Å². The van der Waals surface area contributed by atoms with Gasteiger partial charge in [0.2, 0.25) is 0 Å². The quantitative estimate of drug-likeness (QED) is 0.338. The van der Waals surface area contributed by atoms with Crippen LogP contribution < -0.4 is 0 Å². The molecule has 0 spiro atoms. The second-order valence-electron chi connectivity index (χ2n) is 3.85. The molecule has 4 heteroatoms. The molecule has 0 aromatic heterocycles. The molecule has 1 aromatic carbocycles. The third-order valence-corrected chi connectivity index (χ3v) is 2.54. The van der Waals surface area contributed by atoms with E-state index in [-0.39, 0.29) is 12.6 Å². The number of azide groups is 1. The lowest BCUT2D eigenvalue weighted by Crippen LogP contribution is -1.96. The first-order valence-electron chi connectivity index (χ1n) is 5.49. The second kappa shape index (κ2) is 6.88. The largest absolute Gasteiger partial charge is 0.396 e. The van der Waals surface area contributed by atoms with Crippen LogP contribution in [0, 0.1) is 6.92 Å². The van der Waals surface area contributed by atoms with Crippen molar-refractivity contribution in [2.45, 2.75) is 32.2 Å². The molecule has 0 saturated carbocycles. The smallest absolute Gasteiger partial charge is 0.0625 e.